The molecule has 0 saturated carbocycles. The number of hydrogen-bond acceptors (Lipinski definition) is 5. The van der Waals surface area contributed by atoms with Gasteiger partial charge in [-0.1, -0.05) is 0 Å². The molecule has 0 aliphatic carbocycles. The Morgan fingerprint density at radius 2 is 2.42 bits per heavy atom. The molecule has 104 valence electrons. The van der Waals surface area contributed by atoms with Crippen molar-refractivity contribution in [2.45, 2.75) is 37.8 Å². The highest BCUT2D eigenvalue weighted by Gasteiger charge is 2.23. The fraction of sp³-hybridized carbons (Fsp3) is 0.692. The zero-order chi connectivity index (χ0) is 13.1. The van der Waals surface area contributed by atoms with Crippen molar-refractivity contribution in [1.29, 1.82) is 0 Å². The van der Waals surface area contributed by atoms with Gasteiger partial charge in [0.1, 0.15) is 6.26 Å². The van der Waals surface area contributed by atoms with E-state index in [0.717, 1.165) is 38.8 Å². The maximum atomic E-state index is 11.9. The molecule has 2 N–H and O–H groups in total. The summed E-state index contributed by atoms with van der Waals surface area (Å²) in [6, 6.07) is 0.153. The Kier molecular flexibility index (Phi) is 3.79. The lowest BCUT2D eigenvalue weighted by Gasteiger charge is -2.09. The Balaban J connectivity index is 1.54. The molecule has 0 radical (unpaired) electrons. The highest BCUT2D eigenvalue weighted by molar-refractivity contribution is 5.91. The van der Waals surface area contributed by atoms with E-state index in [1.165, 1.54) is 6.26 Å². The van der Waals surface area contributed by atoms with Crippen LogP contribution in [0.15, 0.2) is 10.7 Å². The first-order chi connectivity index (χ1) is 9.33. The van der Waals surface area contributed by atoms with Crippen molar-refractivity contribution in [2.75, 3.05) is 19.7 Å². The van der Waals surface area contributed by atoms with Crippen LogP contribution in [0, 0.1) is 0 Å². The number of carbonyl (C=O) groups excluding carboxylic acids is 1. The summed E-state index contributed by atoms with van der Waals surface area (Å²) < 4.78 is 10.8. The summed E-state index contributed by atoms with van der Waals surface area (Å²) in [4.78, 5) is 16.2. The molecule has 3 heterocycles. The van der Waals surface area contributed by atoms with Crippen LogP contribution in [0.5, 0.6) is 0 Å². The van der Waals surface area contributed by atoms with E-state index in [1.807, 2.05) is 0 Å². The summed E-state index contributed by atoms with van der Waals surface area (Å²) in [6.45, 7) is 2.32. The van der Waals surface area contributed by atoms with Crippen LogP contribution >= 0.6 is 0 Å². The Bertz CT molecular complexity index is 434. The quantitative estimate of drug-likeness (QED) is 0.849. The molecule has 2 unspecified atom stereocenters. The zero-order valence-electron chi connectivity index (χ0n) is 10.9. The summed E-state index contributed by atoms with van der Waals surface area (Å²) in [5.74, 6) is 0.420. The van der Waals surface area contributed by atoms with Crippen LogP contribution in [0.3, 0.4) is 0 Å². The van der Waals surface area contributed by atoms with Crippen LogP contribution in [0.4, 0.5) is 0 Å². The van der Waals surface area contributed by atoms with Gasteiger partial charge in [0.15, 0.2) is 5.69 Å². The van der Waals surface area contributed by atoms with Gasteiger partial charge in [-0.15, -0.1) is 0 Å². The number of ether oxygens (including phenoxy) is 1. The molecule has 2 aliphatic rings. The van der Waals surface area contributed by atoms with Gasteiger partial charge in [-0.25, -0.2) is 4.98 Å². The average molecular weight is 265 g/mol. The normalized spacial score (nSPS) is 26.7. The van der Waals surface area contributed by atoms with E-state index >= 15 is 0 Å². The molecule has 0 bridgehead atoms. The molecule has 2 fully saturated rings. The second-order valence-corrected chi connectivity index (χ2v) is 5.06. The summed E-state index contributed by atoms with van der Waals surface area (Å²) in [7, 11) is 0. The SMILES string of the molecule is O=C(NCC1CCCO1)c1coc(C2CCCN2)n1. The van der Waals surface area contributed by atoms with Gasteiger partial charge in [-0.05, 0) is 32.2 Å². The summed E-state index contributed by atoms with van der Waals surface area (Å²) >= 11 is 0. The van der Waals surface area contributed by atoms with Gasteiger partial charge < -0.3 is 19.8 Å². The first-order valence-corrected chi connectivity index (χ1v) is 6.91. The molecule has 19 heavy (non-hydrogen) atoms. The molecule has 2 aliphatic heterocycles. The molecule has 0 aromatic carbocycles. The Morgan fingerprint density at radius 3 is 3.16 bits per heavy atom. The molecule has 2 atom stereocenters. The second kappa shape index (κ2) is 5.71. The number of oxazole rings is 1. The lowest BCUT2D eigenvalue weighted by molar-refractivity contribution is 0.0853. The zero-order valence-corrected chi connectivity index (χ0v) is 10.9. The second-order valence-electron chi connectivity index (χ2n) is 5.06. The van der Waals surface area contributed by atoms with E-state index in [9.17, 15) is 4.79 Å². The predicted molar refractivity (Wildman–Crippen MR) is 67.8 cm³/mol. The van der Waals surface area contributed by atoms with Gasteiger partial charge in [0.25, 0.3) is 5.91 Å². The number of carbonyl (C=O) groups is 1. The van der Waals surface area contributed by atoms with Crippen LogP contribution in [0.1, 0.15) is 48.1 Å². The number of nitrogens with zero attached hydrogens (tertiary/aromatic N) is 1. The van der Waals surface area contributed by atoms with E-state index in [0.29, 0.717) is 18.1 Å². The van der Waals surface area contributed by atoms with E-state index in [1.54, 1.807) is 0 Å². The Morgan fingerprint density at radius 1 is 1.47 bits per heavy atom. The van der Waals surface area contributed by atoms with E-state index in [-0.39, 0.29) is 18.1 Å². The number of rotatable bonds is 4. The Labute approximate surface area is 111 Å². The third-order valence-electron chi connectivity index (χ3n) is 3.63. The van der Waals surface area contributed by atoms with Crippen molar-refractivity contribution in [2.24, 2.45) is 0 Å². The third-order valence-corrected chi connectivity index (χ3v) is 3.63. The fourth-order valence-corrected chi connectivity index (χ4v) is 2.55. The van der Waals surface area contributed by atoms with E-state index in [2.05, 4.69) is 15.6 Å². The standard InChI is InChI=1S/C13H19N3O3/c17-12(15-7-9-3-2-6-18-9)11-8-19-13(16-11)10-4-1-5-14-10/h8-10,14H,1-7H2,(H,15,17). The molecule has 1 amide bonds. The van der Waals surface area contributed by atoms with Gasteiger partial charge in [-0.3, -0.25) is 4.79 Å². The minimum atomic E-state index is -0.191. The Hall–Kier alpha value is -1.40. The maximum absolute atomic E-state index is 11.9. The van der Waals surface area contributed by atoms with Gasteiger partial charge in [0.2, 0.25) is 5.89 Å². The van der Waals surface area contributed by atoms with Gasteiger partial charge in [-0.2, -0.15) is 0 Å². The van der Waals surface area contributed by atoms with Crippen molar-refractivity contribution in [3.05, 3.63) is 17.8 Å². The minimum Gasteiger partial charge on any atom is -0.446 e. The lowest BCUT2D eigenvalue weighted by Crippen LogP contribution is -2.32. The van der Waals surface area contributed by atoms with Crippen molar-refractivity contribution in [3.63, 3.8) is 0 Å². The molecule has 1 aromatic rings. The summed E-state index contributed by atoms with van der Waals surface area (Å²) in [5.41, 5.74) is 0.349. The maximum Gasteiger partial charge on any atom is 0.273 e. The molecular formula is C13H19N3O3. The molecule has 2 saturated heterocycles. The smallest absolute Gasteiger partial charge is 0.273 e. The summed E-state index contributed by atoms with van der Waals surface area (Å²) in [5, 5.41) is 6.13. The summed E-state index contributed by atoms with van der Waals surface area (Å²) in [6.07, 6.45) is 5.79. The third kappa shape index (κ3) is 2.96. The van der Waals surface area contributed by atoms with Crippen LogP contribution < -0.4 is 10.6 Å². The molecule has 6 nitrogen and oxygen atoms in total. The van der Waals surface area contributed by atoms with Crippen LogP contribution in [-0.2, 0) is 4.74 Å². The van der Waals surface area contributed by atoms with E-state index in [4.69, 9.17) is 9.15 Å². The molecule has 3 rings (SSSR count). The van der Waals surface area contributed by atoms with Crippen LogP contribution in [0.25, 0.3) is 0 Å². The van der Waals surface area contributed by atoms with Crippen LogP contribution in [0.2, 0.25) is 0 Å². The van der Waals surface area contributed by atoms with Crippen molar-refractivity contribution < 1.29 is 13.9 Å². The number of hydrogen-bond donors (Lipinski definition) is 2. The first-order valence-electron chi connectivity index (χ1n) is 6.91. The monoisotopic (exact) mass is 265 g/mol. The highest BCUT2D eigenvalue weighted by Crippen LogP contribution is 2.22. The van der Waals surface area contributed by atoms with Gasteiger partial charge in [0.05, 0.1) is 12.1 Å². The fourth-order valence-electron chi connectivity index (χ4n) is 2.55. The van der Waals surface area contributed by atoms with Gasteiger partial charge >= 0.3 is 0 Å². The van der Waals surface area contributed by atoms with E-state index < -0.39 is 0 Å². The number of nitrogens with one attached hydrogen (secondary N) is 2. The number of aromatic nitrogens is 1. The van der Waals surface area contributed by atoms with Gasteiger partial charge in [0, 0.05) is 13.2 Å². The minimum absolute atomic E-state index is 0.145. The highest BCUT2D eigenvalue weighted by atomic mass is 16.5. The topological polar surface area (TPSA) is 76.4 Å². The first kappa shape index (κ1) is 12.6. The molecule has 6 heteroatoms. The number of amides is 1. The van der Waals surface area contributed by atoms with Crippen molar-refractivity contribution in [3.8, 4) is 0 Å². The molecular weight excluding hydrogens is 246 g/mol. The largest absolute Gasteiger partial charge is 0.446 e. The molecule has 1 aromatic heterocycles. The van der Waals surface area contributed by atoms with Crippen LogP contribution in [-0.4, -0.2) is 36.7 Å². The lowest BCUT2D eigenvalue weighted by atomic mass is 10.2. The average Bonchev–Trinajstić information content (AvgIpc) is 3.14. The predicted octanol–water partition coefficient (Wildman–Crippen LogP) is 1.01. The molecule has 0 spiro atoms. The van der Waals surface area contributed by atoms with Crippen molar-refractivity contribution >= 4 is 5.91 Å². The van der Waals surface area contributed by atoms with Crippen molar-refractivity contribution in [1.82, 2.24) is 15.6 Å².